The molecule has 0 spiro atoms. The largest absolute Gasteiger partial charge is 0.494 e. The van der Waals surface area contributed by atoms with Gasteiger partial charge in [-0.3, -0.25) is 9.59 Å². The van der Waals surface area contributed by atoms with Gasteiger partial charge in [-0.2, -0.15) is 4.98 Å². The number of hydrogen-bond acceptors (Lipinski definition) is 7. The third-order valence-corrected chi connectivity index (χ3v) is 7.19. The van der Waals surface area contributed by atoms with E-state index >= 15 is 0 Å². The van der Waals surface area contributed by atoms with Gasteiger partial charge >= 0.3 is 6.01 Å². The molecular weight excluding hydrogens is 444 g/mol. The second-order valence-electron chi connectivity index (χ2n) is 10.2. The van der Waals surface area contributed by atoms with Gasteiger partial charge < -0.3 is 19.5 Å². The quantitative estimate of drug-likeness (QED) is 0.388. The summed E-state index contributed by atoms with van der Waals surface area (Å²) in [7, 11) is 0. The predicted octanol–water partition coefficient (Wildman–Crippen LogP) is 4.68. The van der Waals surface area contributed by atoms with E-state index in [4.69, 9.17) is 9.26 Å². The molecule has 2 aromatic rings. The van der Waals surface area contributed by atoms with Crippen LogP contribution in [0.5, 0.6) is 5.75 Å². The van der Waals surface area contributed by atoms with Crippen molar-refractivity contribution in [3.05, 3.63) is 35.2 Å². The van der Waals surface area contributed by atoms with E-state index in [1.807, 2.05) is 25.1 Å². The van der Waals surface area contributed by atoms with Gasteiger partial charge in [0.05, 0.1) is 6.61 Å². The summed E-state index contributed by atoms with van der Waals surface area (Å²) in [4.78, 5) is 31.4. The van der Waals surface area contributed by atoms with Crippen LogP contribution in [0.3, 0.4) is 0 Å². The standard InChI is InChI=1S/C27H38N4O4/c1-18(2)25-29-27(35-30-25)31-13-10-20(11-14-31)6-5-15-34-22-8-9-23(19(3)16-22)24(32)17-21-7-4-12-28-26(21)33/h8-9,16,18,20-21H,4-7,10-15,17H2,1-3H3,(H,28,33)/t21-/m1/s1. The predicted molar refractivity (Wildman–Crippen MR) is 134 cm³/mol. The van der Waals surface area contributed by atoms with Gasteiger partial charge in [-0.15, -0.1) is 0 Å². The molecule has 1 N–H and O–H groups in total. The van der Waals surface area contributed by atoms with Gasteiger partial charge in [0.15, 0.2) is 11.6 Å². The van der Waals surface area contributed by atoms with E-state index in [1.54, 1.807) is 0 Å². The Morgan fingerprint density at radius 1 is 1.26 bits per heavy atom. The molecule has 2 fully saturated rings. The molecule has 8 heteroatoms. The molecule has 3 heterocycles. The van der Waals surface area contributed by atoms with Crippen molar-refractivity contribution >= 4 is 17.7 Å². The van der Waals surface area contributed by atoms with Crippen LogP contribution in [0.1, 0.15) is 86.5 Å². The zero-order chi connectivity index (χ0) is 24.8. The summed E-state index contributed by atoms with van der Waals surface area (Å²) >= 11 is 0. The van der Waals surface area contributed by atoms with E-state index in [-0.39, 0.29) is 29.9 Å². The fourth-order valence-corrected chi connectivity index (χ4v) is 4.97. The Kier molecular flexibility index (Phi) is 8.42. The van der Waals surface area contributed by atoms with E-state index in [0.29, 0.717) is 30.6 Å². The number of ether oxygens (including phenoxy) is 1. The third kappa shape index (κ3) is 6.61. The van der Waals surface area contributed by atoms with Crippen LogP contribution >= 0.6 is 0 Å². The molecule has 2 saturated heterocycles. The van der Waals surface area contributed by atoms with Crippen molar-refractivity contribution in [2.45, 2.75) is 71.6 Å². The van der Waals surface area contributed by atoms with E-state index < -0.39 is 0 Å². The number of aromatic nitrogens is 2. The van der Waals surface area contributed by atoms with Crippen LogP contribution in [0.15, 0.2) is 22.7 Å². The fourth-order valence-electron chi connectivity index (χ4n) is 4.97. The summed E-state index contributed by atoms with van der Waals surface area (Å²) in [5.74, 6) is 2.34. The summed E-state index contributed by atoms with van der Waals surface area (Å²) in [6.45, 7) is 9.34. The van der Waals surface area contributed by atoms with Crippen molar-refractivity contribution in [2.24, 2.45) is 11.8 Å². The lowest BCUT2D eigenvalue weighted by Crippen LogP contribution is -2.37. The molecule has 4 rings (SSSR count). The van der Waals surface area contributed by atoms with Gasteiger partial charge in [0.25, 0.3) is 0 Å². The van der Waals surface area contributed by atoms with Crippen molar-refractivity contribution in [2.75, 3.05) is 31.1 Å². The summed E-state index contributed by atoms with van der Waals surface area (Å²) in [5, 5.41) is 6.93. The average molecular weight is 483 g/mol. The SMILES string of the molecule is Cc1cc(OCCCC2CCN(c3nc(C(C)C)no3)CC2)ccc1C(=O)C[C@H]1CCCNC1=O. The lowest BCUT2D eigenvalue weighted by atomic mass is 9.90. The van der Waals surface area contributed by atoms with Gasteiger partial charge in [0.2, 0.25) is 5.91 Å². The Bertz CT molecular complexity index is 1010. The van der Waals surface area contributed by atoms with Crippen LogP contribution in [0, 0.1) is 18.8 Å². The average Bonchev–Trinajstić information content (AvgIpc) is 3.34. The number of ketones is 1. The number of nitrogens with zero attached hydrogens (tertiary/aromatic N) is 3. The molecule has 0 saturated carbocycles. The molecule has 35 heavy (non-hydrogen) atoms. The van der Waals surface area contributed by atoms with Crippen molar-refractivity contribution in [1.82, 2.24) is 15.5 Å². The number of aryl methyl sites for hydroxylation is 1. The summed E-state index contributed by atoms with van der Waals surface area (Å²) in [6.07, 6.45) is 6.37. The second kappa shape index (κ2) is 11.7. The van der Waals surface area contributed by atoms with Crippen molar-refractivity contribution < 1.29 is 18.8 Å². The van der Waals surface area contributed by atoms with Gasteiger partial charge in [-0.25, -0.2) is 0 Å². The minimum Gasteiger partial charge on any atom is -0.494 e. The van der Waals surface area contributed by atoms with Crippen LogP contribution in [0.2, 0.25) is 0 Å². The number of hydrogen-bond donors (Lipinski definition) is 1. The molecule has 0 unspecified atom stereocenters. The number of nitrogens with one attached hydrogen (secondary N) is 1. The third-order valence-electron chi connectivity index (χ3n) is 7.19. The molecule has 2 aliphatic rings. The fraction of sp³-hybridized carbons (Fsp3) is 0.630. The number of anilines is 1. The van der Waals surface area contributed by atoms with E-state index in [1.165, 1.54) is 0 Å². The Morgan fingerprint density at radius 3 is 2.74 bits per heavy atom. The summed E-state index contributed by atoms with van der Waals surface area (Å²) in [6, 6.07) is 6.29. The maximum absolute atomic E-state index is 12.7. The molecule has 190 valence electrons. The first-order chi connectivity index (χ1) is 16.9. The normalized spacial score (nSPS) is 19.1. The number of Topliss-reactive ketones (excluding diaryl/α,β-unsaturated/α-hetero) is 1. The van der Waals surface area contributed by atoms with Crippen LogP contribution in [-0.2, 0) is 4.79 Å². The molecule has 1 amide bonds. The summed E-state index contributed by atoms with van der Waals surface area (Å²) < 4.78 is 11.4. The number of benzene rings is 1. The van der Waals surface area contributed by atoms with E-state index in [2.05, 4.69) is 34.2 Å². The summed E-state index contributed by atoms with van der Waals surface area (Å²) in [5.41, 5.74) is 1.59. The lowest BCUT2D eigenvalue weighted by Gasteiger charge is -2.30. The Hall–Kier alpha value is -2.90. The number of rotatable bonds is 10. The Labute approximate surface area is 207 Å². The monoisotopic (exact) mass is 482 g/mol. The number of amides is 1. The first kappa shape index (κ1) is 25.2. The second-order valence-corrected chi connectivity index (χ2v) is 10.2. The highest BCUT2D eigenvalue weighted by Crippen LogP contribution is 2.27. The molecule has 1 atom stereocenters. The molecule has 0 radical (unpaired) electrons. The highest BCUT2D eigenvalue weighted by atomic mass is 16.5. The first-order valence-corrected chi connectivity index (χ1v) is 13.0. The lowest BCUT2D eigenvalue weighted by molar-refractivity contribution is -0.126. The number of piperidine rings is 2. The molecule has 0 aliphatic carbocycles. The molecule has 0 bridgehead atoms. The van der Waals surface area contributed by atoms with Crippen LogP contribution in [-0.4, -0.2) is 48.1 Å². The Morgan fingerprint density at radius 2 is 2.06 bits per heavy atom. The topological polar surface area (TPSA) is 97.6 Å². The molecule has 1 aromatic heterocycles. The van der Waals surface area contributed by atoms with Crippen LogP contribution in [0.4, 0.5) is 6.01 Å². The number of carbonyl (C=O) groups excluding carboxylic acids is 2. The zero-order valence-corrected chi connectivity index (χ0v) is 21.2. The molecule has 2 aliphatic heterocycles. The van der Waals surface area contributed by atoms with Gasteiger partial charge in [0, 0.05) is 43.5 Å². The smallest absolute Gasteiger partial charge is 0.324 e. The highest BCUT2D eigenvalue weighted by molar-refractivity contribution is 6.00. The van der Waals surface area contributed by atoms with Crippen LogP contribution in [0.25, 0.3) is 0 Å². The minimum absolute atomic E-state index is 0.00258. The minimum atomic E-state index is -0.206. The van der Waals surface area contributed by atoms with Gasteiger partial charge in [0.1, 0.15) is 5.75 Å². The van der Waals surface area contributed by atoms with Crippen molar-refractivity contribution in [1.29, 1.82) is 0 Å². The maximum atomic E-state index is 12.7. The van der Waals surface area contributed by atoms with Crippen molar-refractivity contribution in [3.63, 3.8) is 0 Å². The highest BCUT2D eigenvalue weighted by Gasteiger charge is 2.26. The van der Waals surface area contributed by atoms with Crippen LogP contribution < -0.4 is 15.0 Å². The Balaban J connectivity index is 1.17. The molecule has 8 nitrogen and oxygen atoms in total. The number of carbonyl (C=O) groups is 2. The van der Waals surface area contributed by atoms with E-state index in [9.17, 15) is 9.59 Å². The van der Waals surface area contributed by atoms with Gasteiger partial charge in [-0.1, -0.05) is 19.0 Å². The zero-order valence-electron chi connectivity index (χ0n) is 21.2. The van der Waals surface area contributed by atoms with Gasteiger partial charge in [-0.05, 0) is 75.1 Å². The van der Waals surface area contributed by atoms with E-state index in [0.717, 1.165) is 68.8 Å². The maximum Gasteiger partial charge on any atom is 0.324 e. The van der Waals surface area contributed by atoms with Crippen molar-refractivity contribution in [3.8, 4) is 5.75 Å². The first-order valence-electron chi connectivity index (χ1n) is 13.0. The molecule has 1 aromatic carbocycles. The molecular formula is C27H38N4O4.